The molecule has 1 fully saturated rings. The Morgan fingerprint density at radius 3 is 2.74 bits per heavy atom. The van der Waals surface area contributed by atoms with Crippen molar-refractivity contribution in [1.82, 2.24) is 10.6 Å². The van der Waals surface area contributed by atoms with E-state index in [1.165, 1.54) is 11.3 Å². The number of rotatable bonds is 5. The number of thiophene rings is 1. The van der Waals surface area contributed by atoms with E-state index in [-0.39, 0.29) is 0 Å². The summed E-state index contributed by atoms with van der Waals surface area (Å²) in [4.78, 5) is 23.5. The van der Waals surface area contributed by atoms with E-state index in [1.807, 2.05) is 0 Å². The Labute approximate surface area is 116 Å². The number of hydrogen-bond acceptors (Lipinski definition) is 3. The summed E-state index contributed by atoms with van der Waals surface area (Å²) < 4.78 is 0. The molecule has 0 spiro atoms. The number of urea groups is 1. The van der Waals surface area contributed by atoms with E-state index >= 15 is 0 Å². The van der Waals surface area contributed by atoms with Gasteiger partial charge in [-0.2, -0.15) is 0 Å². The molecule has 5 nitrogen and oxygen atoms in total. The minimum absolute atomic E-state index is 0.299. The van der Waals surface area contributed by atoms with Crippen LogP contribution in [0.1, 0.15) is 31.2 Å². The van der Waals surface area contributed by atoms with Gasteiger partial charge in [-0.25, -0.2) is 9.59 Å². The normalized spacial score (nSPS) is 21.5. The molecule has 0 aliphatic heterocycles. The lowest BCUT2D eigenvalue weighted by atomic mass is 10.1. The SMILES string of the molecule is CC1(C)CC1CNC(=O)NC(C(=O)O)c1cccs1. The summed E-state index contributed by atoms with van der Waals surface area (Å²) in [6.07, 6.45) is 1.10. The molecular formula is C13H18N2O3S. The van der Waals surface area contributed by atoms with Gasteiger partial charge in [0.1, 0.15) is 0 Å². The molecule has 19 heavy (non-hydrogen) atoms. The van der Waals surface area contributed by atoms with E-state index in [0.717, 1.165) is 6.42 Å². The Bertz CT molecular complexity index is 470. The quantitative estimate of drug-likeness (QED) is 0.775. The average Bonchev–Trinajstić information content (AvgIpc) is 2.78. The number of hydrogen-bond donors (Lipinski definition) is 3. The fourth-order valence-corrected chi connectivity index (χ4v) is 2.80. The second kappa shape index (κ2) is 5.21. The van der Waals surface area contributed by atoms with Crippen LogP contribution in [-0.4, -0.2) is 23.7 Å². The highest BCUT2D eigenvalue weighted by Gasteiger charge is 2.45. The van der Waals surface area contributed by atoms with E-state index in [2.05, 4.69) is 24.5 Å². The monoisotopic (exact) mass is 282 g/mol. The zero-order valence-corrected chi connectivity index (χ0v) is 11.8. The van der Waals surface area contributed by atoms with E-state index in [4.69, 9.17) is 5.11 Å². The zero-order valence-electron chi connectivity index (χ0n) is 11.0. The molecular weight excluding hydrogens is 264 g/mol. The van der Waals surface area contributed by atoms with Crippen LogP contribution in [0.15, 0.2) is 17.5 Å². The lowest BCUT2D eigenvalue weighted by Crippen LogP contribution is -2.41. The van der Waals surface area contributed by atoms with Crippen molar-refractivity contribution in [2.75, 3.05) is 6.54 Å². The molecule has 0 aromatic carbocycles. The molecule has 6 heteroatoms. The molecule has 0 radical (unpaired) electrons. The Morgan fingerprint density at radius 2 is 2.26 bits per heavy atom. The summed E-state index contributed by atoms with van der Waals surface area (Å²) in [6.45, 7) is 4.90. The van der Waals surface area contributed by atoms with Gasteiger partial charge in [-0.3, -0.25) is 0 Å². The highest BCUT2D eigenvalue weighted by atomic mass is 32.1. The highest BCUT2D eigenvalue weighted by Crippen LogP contribution is 2.50. The first kappa shape index (κ1) is 13.9. The van der Waals surface area contributed by atoms with Gasteiger partial charge in [-0.1, -0.05) is 19.9 Å². The van der Waals surface area contributed by atoms with Gasteiger partial charge >= 0.3 is 12.0 Å². The van der Waals surface area contributed by atoms with Crippen molar-refractivity contribution in [3.63, 3.8) is 0 Å². The molecule has 2 atom stereocenters. The van der Waals surface area contributed by atoms with Crippen LogP contribution < -0.4 is 10.6 Å². The number of carbonyl (C=O) groups excluding carboxylic acids is 1. The summed E-state index contributed by atoms with van der Waals surface area (Å²) in [5, 5.41) is 16.1. The molecule has 1 aromatic heterocycles. The lowest BCUT2D eigenvalue weighted by Gasteiger charge is -2.14. The zero-order chi connectivity index (χ0) is 14.0. The highest BCUT2D eigenvalue weighted by molar-refractivity contribution is 7.10. The second-order valence-electron chi connectivity index (χ2n) is 5.53. The summed E-state index contributed by atoms with van der Waals surface area (Å²) in [5.74, 6) is -0.562. The molecule has 104 valence electrons. The molecule has 0 saturated heterocycles. The third-order valence-electron chi connectivity index (χ3n) is 3.58. The van der Waals surface area contributed by atoms with Crippen molar-refractivity contribution < 1.29 is 14.7 Å². The fourth-order valence-electron chi connectivity index (χ4n) is 2.03. The Kier molecular flexibility index (Phi) is 3.80. The van der Waals surface area contributed by atoms with Gasteiger partial charge in [-0.15, -0.1) is 11.3 Å². The molecule has 1 heterocycles. The molecule has 0 bridgehead atoms. The van der Waals surface area contributed by atoms with Crippen LogP contribution in [0.25, 0.3) is 0 Å². The van der Waals surface area contributed by atoms with Gasteiger partial charge in [0.15, 0.2) is 6.04 Å². The lowest BCUT2D eigenvalue weighted by molar-refractivity contribution is -0.139. The predicted octanol–water partition coefficient (Wildman–Crippen LogP) is 2.22. The van der Waals surface area contributed by atoms with Crippen molar-refractivity contribution >= 4 is 23.3 Å². The fraction of sp³-hybridized carbons (Fsp3) is 0.538. The number of carboxylic acids is 1. The van der Waals surface area contributed by atoms with Crippen LogP contribution >= 0.6 is 11.3 Å². The second-order valence-corrected chi connectivity index (χ2v) is 6.51. The standard InChI is InChI=1S/C13H18N2O3S/c1-13(2)6-8(13)7-14-12(18)15-10(11(16)17)9-4-3-5-19-9/h3-5,8,10H,6-7H2,1-2H3,(H,16,17)(H2,14,15,18). The Hall–Kier alpha value is -1.56. The van der Waals surface area contributed by atoms with E-state index in [0.29, 0.717) is 22.8 Å². The molecule has 1 saturated carbocycles. The predicted molar refractivity (Wildman–Crippen MR) is 73.1 cm³/mol. The van der Waals surface area contributed by atoms with E-state index in [1.54, 1.807) is 17.5 Å². The van der Waals surface area contributed by atoms with Gasteiger partial charge in [0.2, 0.25) is 0 Å². The maximum atomic E-state index is 11.7. The van der Waals surface area contributed by atoms with Crippen molar-refractivity contribution in [1.29, 1.82) is 0 Å². The molecule has 1 aromatic rings. The number of carbonyl (C=O) groups is 2. The smallest absolute Gasteiger partial charge is 0.331 e. The maximum Gasteiger partial charge on any atom is 0.331 e. The topological polar surface area (TPSA) is 78.4 Å². The first-order valence-corrected chi connectivity index (χ1v) is 7.08. The largest absolute Gasteiger partial charge is 0.479 e. The molecule has 1 aliphatic carbocycles. The maximum absolute atomic E-state index is 11.7. The number of nitrogens with one attached hydrogen (secondary N) is 2. The molecule has 3 N–H and O–H groups in total. The van der Waals surface area contributed by atoms with Gasteiger partial charge in [-0.05, 0) is 29.2 Å². The van der Waals surface area contributed by atoms with Crippen molar-refractivity contribution in [2.45, 2.75) is 26.3 Å². The number of aliphatic carboxylic acids is 1. The first-order valence-electron chi connectivity index (χ1n) is 6.21. The van der Waals surface area contributed by atoms with Gasteiger partial charge in [0, 0.05) is 11.4 Å². The average molecular weight is 282 g/mol. The van der Waals surface area contributed by atoms with E-state index in [9.17, 15) is 9.59 Å². The number of amides is 2. The van der Waals surface area contributed by atoms with Crippen LogP contribution in [0.3, 0.4) is 0 Å². The number of carboxylic acid groups (broad SMARTS) is 1. The summed E-state index contributed by atoms with van der Waals surface area (Å²) in [6, 6.07) is 2.06. The summed E-state index contributed by atoms with van der Waals surface area (Å²) in [7, 11) is 0. The molecule has 2 unspecified atom stereocenters. The minimum atomic E-state index is -1.05. The van der Waals surface area contributed by atoms with Crippen LogP contribution in [0.5, 0.6) is 0 Å². The molecule has 1 aliphatic rings. The third kappa shape index (κ3) is 3.47. The van der Waals surface area contributed by atoms with Gasteiger partial charge in [0.05, 0.1) is 0 Å². The van der Waals surface area contributed by atoms with Gasteiger partial charge < -0.3 is 15.7 Å². The Morgan fingerprint density at radius 1 is 1.58 bits per heavy atom. The minimum Gasteiger partial charge on any atom is -0.479 e. The van der Waals surface area contributed by atoms with Crippen LogP contribution in [0.4, 0.5) is 4.79 Å². The molecule has 2 amide bonds. The van der Waals surface area contributed by atoms with Crippen LogP contribution in [-0.2, 0) is 4.79 Å². The van der Waals surface area contributed by atoms with Crippen molar-refractivity contribution in [2.24, 2.45) is 11.3 Å². The van der Waals surface area contributed by atoms with Crippen molar-refractivity contribution in [3.8, 4) is 0 Å². The van der Waals surface area contributed by atoms with Gasteiger partial charge in [0.25, 0.3) is 0 Å². The first-order chi connectivity index (χ1) is 8.90. The summed E-state index contributed by atoms with van der Waals surface area (Å²) in [5.41, 5.74) is 0.299. The molecule has 2 rings (SSSR count). The van der Waals surface area contributed by atoms with Crippen molar-refractivity contribution in [3.05, 3.63) is 22.4 Å². The third-order valence-corrected chi connectivity index (χ3v) is 4.51. The van der Waals surface area contributed by atoms with Crippen LogP contribution in [0.2, 0.25) is 0 Å². The van der Waals surface area contributed by atoms with Crippen LogP contribution in [0, 0.1) is 11.3 Å². The van der Waals surface area contributed by atoms with E-state index < -0.39 is 18.0 Å². The Balaban J connectivity index is 1.84. The summed E-state index contributed by atoms with van der Waals surface area (Å²) >= 11 is 1.31.